The van der Waals surface area contributed by atoms with Crippen LogP contribution < -0.4 is 0 Å². The summed E-state index contributed by atoms with van der Waals surface area (Å²) in [5, 5.41) is 2.63. The van der Waals surface area contributed by atoms with Gasteiger partial charge in [-0.2, -0.15) is 17.5 Å². The van der Waals surface area contributed by atoms with Gasteiger partial charge in [0, 0.05) is 0 Å². The van der Waals surface area contributed by atoms with Crippen molar-refractivity contribution >= 4 is 50.3 Å². The fraction of sp³-hybridized carbons (Fsp3) is 0. The van der Waals surface area contributed by atoms with Gasteiger partial charge in [-0.05, 0) is 11.1 Å². The first-order valence-corrected chi connectivity index (χ1v) is 17.3. The summed E-state index contributed by atoms with van der Waals surface area (Å²) in [5.41, 5.74) is 2.56. The Labute approximate surface area is 138 Å². The molecule has 0 N–H and O–H groups in total. The third kappa shape index (κ3) is 4.91. The number of hydrogen-bond acceptors (Lipinski definition) is 0. The fourth-order valence-corrected chi connectivity index (χ4v) is 1.94. The predicted octanol–water partition coefficient (Wildman–Crippen LogP) is 6.76. The van der Waals surface area contributed by atoms with Crippen LogP contribution in [0.4, 0.5) is 0 Å². The number of benzene rings is 2. The van der Waals surface area contributed by atoms with Gasteiger partial charge in [0.2, 0.25) is 0 Å². The summed E-state index contributed by atoms with van der Waals surface area (Å²) in [4.78, 5) is 0. The molecule has 3 rings (SSSR count). The SMILES string of the molecule is [Br][Ti+]([Br])[Br].c1ccc(-c2ccc3[cH-]ccc3c2)cc1. The van der Waals surface area contributed by atoms with E-state index in [9.17, 15) is 0 Å². The fourth-order valence-electron chi connectivity index (χ4n) is 1.94. The molecule has 0 aliphatic carbocycles. The number of rotatable bonds is 1. The van der Waals surface area contributed by atoms with Crippen LogP contribution in [0.2, 0.25) is 0 Å². The van der Waals surface area contributed by atoms with E-state index in [0.717, 1.165) is 0 Å². The van der Waals surface area contributed by atoms with E-state index in [0.29, 0.717) is 0 Å². The molecule has 0 nitrogen and oxygen atoms in total. The number of halogens is 3. The average Bonchev–Trinajstić information content (AvgIpc) is 2.86. The van der Waals surface area contributed by atoms with Crippen molar-refractivity contribution in [2.24, 2.45) is 0 Å². The van der Waals surface area contributed by atoms with Gasteiger partial charge in [0.15, 0.2) is 0 Å². The van der Waals surface area contributed by atoms with Gasteiger partial charge in [-0.1, -0.05) is 42.5 Å². The molecule has 0 aliphatic rings. The van der Waals surface area contributed by atoms with Gasteiger partial charge in [-0.3, -0.25) is 0 Å². The monoisotopic (exact) mass is 476 g/mol. The van der Waals surface area contributed by atoms with Crippen molar-refractivity contribution in [1.82, 2.24) is 0 Å². The summed E-state index contributed by atoms with van der Waals surface area (Å²) in [6.45, 7) is 0. The van der Waals surface area contributed by atoms with Crippen LogP contribution in [0.25, 0.3) is 21.9 Å². The zero-order valence-corrected chi connectivity index (χ0v) is 16.3. The smallest absolute Gasteiger partial charge is 0.0200 e. The Kier molecular flexibility index (Phi) is 6.44. The summed E-state index contributed by atoms with van der Waals surface area (Å²) in [6, 6.07) is 23.5. The molecule has 0 radical (unpaired) electrons. The van der Waals surface area contributed by atoms with Crippen LogP contribution in [0.15, 0.2) is 66.7 Å². The Bertz CT molecular complexity index is 629. The van der Waals surface area contributed by atoms with E-state index < -0.39 is 11.6 Å². The normalized spacial score (nSPS) is 9.84. The van der Waals surface area contributed by atoms with Crippen LogP contribution in [0.1, 0.15) is 0 Å². The van der Waals surface area contributed by atoms with Crippen LogP contribution >= 0.6 is 39.5 Å². The molecule has 0 aliphatic heterocycles. The van der Waals surface area contributed by atoms with Gasteiger partial charge >= 0.3 is 51.1 Å². The van der Waals surface area contributed by atoms with Gasteiger partial charge in [0.25, 0.3) is 0 Å². The first-order valence-electron chi connectivity index (χ1n) is 5.71. The van der Waals surface area contributed by atoms with Crippen molar-refractivity contribution < 1.29 is 11.6 Å². The van der Waals surface area contributed by atoms with Crippen molar-refractivity contribution in [3.8, 4) is 11.1 Å². The Balaban J connectivity index is 0.000000297. The van der Waals surface area contributed by atoms with Crippen molar-refractivity contribution in [2.45, 2.75) is 0 Å². The molecular formula is C15H11Br3Ti. The summed E-state index contributed by atoms with van der Waals surface area (Å²) in [5.74, 6) is 0. The predicted molar refractivity (Wildman–Crippen MR) is 91.8 cm³/mol. The Hall–Kier alpha value is 0.204. The first-order chi connectivity index (χ1) is 9.16. The molecule has 0 saturated heterocycles. The molecule has 0 aromatic heterocycles. The molecule has 0 fully saturated rings. The van der Waals surface area contributed by atoms with Crippen LogP contribution in [0.5, 0.6) is 0 Å². The molecule has 0 bridgehead atoms. The number of fused-ring (bicyclic) bond motifs is 1. The summed E-state index contributed by atoms with van der Waals surface area (Å²) in [6.07, 6.45) is 0. The second kappa shape index (κ2) is 7.85. The Morgan fingerprint density at radius 2 is 1.47 bits per heavy atom. The van der Waals surface area contributed by atoms with Crippen LogP contribution in [-0.2, 0) is 11.6 Å². The van der Waals surface area contributed by atoms with E-state index in [1.165, 1.54) is 21.9 Å². The molecule has 0 atom stereocenters. The third-order valence-electron chi connectivity index (χ3n) is 2.75. The minimum Gasteiger partial charge on any atom is -0.168 e. The summed E-state index contributed by atoms with van der Waals surface area (Å²) >= 11 is 8.92. The first kappa shape index (κ1) is 15.6. The molecule has 0 unspecified atom stereocenters. The average molecular weight is 479 g/mol. The van der Waals surface area contributed by atoms with E-state index in [4.69, 9.17) is 0 Å². The molecular weight excluding hydrogens is 468 g/mol. The maximum Gasteiger partial charge on any atom is -0.0200 e. The van der Waals surface area contributed by atoms with Crippen molar-refractivity contribution in [1.29, 1.82) is 0 Å². The standard InChI is InChI=1S/C15H11.3BrH.Ti/c1-2-5-12(6-3-1)15-10-9-13-7-4-8-14(13)11-15;;;;/h1-11H;3*1H;/q-1;;;;+4/p-3. The zero-order valence-electron chi connectivity index (χ0n) is 9.98. The van der Waals surface area contributed by atoms with E-state index in [1.807, 2.05) is 6.07 Å². The molecule has 4 heteroatoms. The van der Waals surface area contributed by atoms with Crippen molar-refractivity contribution in [3.05, 3.63) is 66.7 Å². The molecule has 96 valence electrons. The van der Waals surface area contributed by atoms with Gasteiger partial charge in [-0.25, -0.2) is 0 Å². The van der Waals surface area contributed by atoms with Crippen LogP contribution in [0.3, 0.4) is 0 Å². The van der Waals surface area contributed by atoms with Crippen LogP contribution in [-0.4, -0.2) is 0 Å². The van der Waals surface area contributed by atoms with Gasteiger partial charge in [0.05, 0.1) is 0 Å². The summed E-state index contributed by atoms with van der Waals surface area (Å²) in [7, 11) is 0. The molecule has 0 saturated carbocycles. The minimum absolute atomic E-state index is 0.896. The Morgan fingerprint density at radius 1 is 0.789 bits per heavy atom. The van der Waals surface area contributed by atoms with E-state index in [-0.39, 0.29) is 0 Å². The van der Waals surface area contributed by atoms with E-state index in [2.05, 4.69) is 100 Å². The van der Waals surface area contributed by atoms with Gasteiger partial charge in [0.1, 0.15) is 0 Å². The van der Waals surface area contributed by atoms with Crippen molar-refractivity contribution in [2.75, 3.05) is 0 Å². The summed E-state index contributed by atoms with van der Waals surface area (Å²) < 4.78 is 0. The molecule has 0 amide bonds. The topological polar surface area (TPSA) is 0 Å². The van der Waals surface area contributed by atoms with Gasteiger partial charge in [-0.15, -0.1) is 17.5 Å². The van der Waals surface area contributed by atoms with E-state index >= 15 is 0 Å². The van der Waals surface area contributed by atoms with Crippen LogP contribution in [0, 0.1) is 0 Å². The largest absolute Gasteiger partial charge is 0.168 e. The molecule has 19 heavy (non-hydrogen) atoms. The number of hydrogen-bond donors (Lipinski definition) is 0. The maximum atomic E-state index is 3.27. The zero-order chi connectivity index (χ0) is 13.7. The Morgan fingerprint density at radius 3 is 2.16 bits per heavy atom. The maximum absolute atomic E-state index is 3.27. The van der Waals surface area contributed by atoms with Crippen molar-refractivity contribution in [3.63, 3.8) is 0 Å². The third-order valence-corrected chi connectivity index (χ3v) is 2.75. The molecule has 0 heterocycles. The molecule has 3 aromatic carbocycles. The second-order valence-corrected chi connectivity index (χ2v) is 27.6. The quantitative estimate of drug-likeness (QED) is 0.268. The van der Waals surface area contributed by atoms with Gasteiger partial charge < -0.3 is 0 Å². The molecule has 0 spiro atoms. The van der Waals surface area contributed by atoms with E-state index in [1.54, 1.807) is 0 Å². The minimum atomic E-state index is -0.896. The second-order valence-electron chi connectivity index (χ2n) is 3.95. The molecule has 3 aromatic rings.